The van der Waals surface area contributed by atoms with Crippen LogP contribution in [0.5, 0.6) is 0 Å². The van der Waals surface area contributed by atoms with Gasteiger partial charge in [0.15, 0.2) is 0 Å². The molecule has 10 heteroatoms. The van der Waals surface area contributed by atoms with Gasteiger partial charge in [0.1, 0.15) is 0 Å². The fourth-order valence-corrected chi connectivity index (χ4v) is 7.84. The maximum Gasteiger partial charge on any atom is 0.391 e. The van der Waals surface area contributed by atoms with E-state index in [2.05, 4.69) is 237 Å². The zero-order valence-electron chi connectivity index (χ0n) is 69.7. The van der Waals surface area contributed by atoms with E-state index < -0.39 is 24.7 Å². The summed E-state index contributed by atoms with van der Waals surface area (Å²) >= 11 is 0. The monoisotopic (exact) mass is 1350 g/mol. The second kappa shape index (κ2) is 72.5. The number of halogens is 6. The summed E-state index contributed by atoms with van der Waals surface area (Å²) in [5, 5.41) is 34.0. The minimum atomic E-state index is -4.01. The first-order valence-electron chi connectivity index (χ1n) is 37.1. The molecule has 0 aliphatic heterocycles. The number of alkyl halides is 6. The number of hydrogen-bond donors (Lipinski definition) is 0. The van der Waals surface area contributed by atoms with Gasteiger partial charge in [-0.1, -0.05) is 284 Å². The van der Waals surface area contributed by atoms with Crippen LogP contribution in [0.4, 0.5) is 26.3 Å². The average molecular weight is 1350 g/mol. The van der Waals surface area contributed by atoms with Crippen LogP contribution in [-0.4, -0.2) is 12.4 Å². The zero-order chi connectivity index (χ0) is 77.5. The highest BCUT2D eigenvalue weighted by Gasteiger charge is 2.36. The van der Waals surface area contributed by atoms with Gasteiger partial charge in [-0.15, -0.1) is 13.2 Å². The van der Waals surface area contributed by atoms with Crippen LogP contribution in [0.2, 0.25) is 0 Å². The van der Waals surface area contributed by atoms with Crippen molar-refractivity contribution in [2.75, 3.05) is 0 Å². The molecule has 0 spiro atoms. The molecular formula is C84H166F6N4. The molecule has 0 aromatic heterocycles. The molecule has 564 valence electrons. The lowest BCUT2D eigenvalue weighted by Gasteiger charge is -2.24. The minimum absolute atomic E-state index is 0.122. The van der Waals surface area contributed by atoms with E-state index in [1.165, 1.54) is 82.3 Å². The summed E-state index contributed by atoms with van der Waals surface area (Å²) < 4.78 is 69.7. The van der Waals surface area contributed by atoms with Gasteiger partial charge in [-0.3, -0.25) is 0 Å². The molecule has 0 aromatic rings. The summed E-state index contributed by atoms with van der Waals surface area (Å²) in [4.78, 5) is 0. The zero-order valence-corrected chi connectivity index (χ0v) is 69.7. The molecule has 0 saturated heterocycles. The Bertz CT molecular complexity index is 1760. The highest BCUT2D eigenvalue weighted by Crippen LogP contribution is 2.40. The van der Waals surface area contributed by atoms with Gasteiger partial charge in [0.05, 0.1) is 42.0 Å². The van der Waals surface area contributed by atoms with E-state index in [9.17, 15) is 26.3 Å². The van der Waals surface area contributed by atoms with E-state index in [1.54, 1.807) is 27.7 Å². The van der Waals surface area contributed by atoms with Crippen molar-refractivity contribution in [2.45, 2.75) is 365 Å². The fourth-order valence-electron chi connectivity index (χ4n) is 7.84. The SMILES string of the molecule is C=C(C)CC(C)C.C=CCC(C)C.CC(C)=CCC(C)C.CC(C)C(C#N)C(C)C.CC(C)C(C#N)C1CC1.CC(C)C(C)C#N.CC(C)CC(C)C(F)(F)F.CC(C)CCC(F)(F)F.CCC(C#N)C(C)C.CCC(C)(C)CC(C)C.CCC(C)C.CCCCC(C)C. The largest absolute Gasteiger partial charge is 0.391 e. The molecule has 94 heavy (non-hydrogen) atoms. The standard InChI is InChI=1S/C9H20.C8H13N.C8H15N.C8H16.C7H13F3.C7H13N.C7H14.C7H16.C6H11F3.C6H11N.C6H12.C5H12/c1-6-9(4,5)7-8(2)3;1-6(2)8(5-9)7-3-4-7;1-6(2)8(5-9)7(3)4;1-7(2)5-6-8(3)4;1-5(2)4-6(3)7(8,9)10;1-4-7(5-8)6(2)3;1-6(2)5-7(3)4;1-4-5-6-7(2)3;1-5(2)3-4-6(7,8)9;1-5(2)6(3)4-7;1-4-5-6(2)3;1-4-5(2)3/h8H,6-7H2,1-5H3;6-8H,3-4H2,1-2H3;6-8H,1-4H3;5,8H,6H2,1-4H3;5-6H,4H2,1-3H3;6-7H,4H2,1-3H3;7H,1,5H2,2-4H3;7H,4-6H2,1-3H3;5H,3-4H2,1-2H3;5-6H,1-3H3;4,6H,1,5H2,2-3H3;5H,4H2,1-3H3. The van der Waals surface area contributed by atoms with Crippen molar-refractivity contribution in [1.82, 2.24) is 0 Å². The molecule has 1 saturated carbocycles. The molecule has 0 amide bonds. The smallest absolute Gasteiger partial charge is 0.198 e. The normalized spacial score (nSPS) is 12.8. The van der Waals surface area contributed by atoms with E-state index >= 15 is 0 Å². The van der Waals surface area contributed by atoms with E-state index in [-0.39, 0.29) is 42.4 Å². The topological polar surface area (TPSA) is 95.2 Å². The molecule has 1 fully saturated rings. The Morgan fingerprint density at radius 3 is 0.989 bits per heavy atom. The Labute approximate surface area is 588 Å². The molecule has 4 nitrogen and oxygen atoms in total. The van der Waals surface area contributed by atoms with Gasteiger partial charge in [0, 0.05) is 18.3 Å². The van der Waals surface area contributed by atoms with Gasteiger partial charge in [-0.2, -0.15) is 47.4 Å². The Morgan fingerprint density at radius 1 is 0.500 bits per heavy atom. The molecule has 0 N–H and O–H groups in total. The fraction of sp³-hybridized carbons (Fsp3) is 0.881. The van der Waals surface area contributed by atoms with E-state index in [0.29, 0.717) is 40.9 Å². The van der Waals surface area contributed by atoms with Crippen LogP contribution in [0.1, 0.15) is 352 Å². The van der Waals surface area contributed by atoms with Crippen molar-refractivity contribution < 1.29 is 26.3 Å². The molecule has 1 rings (SSSR count). The molecule has 0 aromatic carbocycles. The third kappa shape index (κ3) is 119. The van der Waals surface area contributed by atoms with Crippen LogP contribution < -0.4 is 0 Å². The molecule has 4 atom stereocenters. The lowest BCUT2D eigenvalue weighted by molar-refractivity contribution is -0.173. The maximum absolute atomic E-state index is 11.8. The predicted molar refractivity (Wildman–Crippen MR) is 410 cm³/mol. The quantitative estimate of drug-likeness (QED) is 0.0711. The summed E-state index contributed by atoms with van der Waals surface area (Å²) in [6.45, 7) is 85.2. The van der Waals surface area contributed by atoms with Crippen molar-refractivity contribution in [2.24, 2.45) is 118 Å². The summed E-state index contributed by atoms with van der Waals surface area (Å²) in [6.07, 6.45) is 11.3. The first kappa shape index (κ1) is 115. The Morgan fingerprint density at radius 2 is 0.926 bits per heavy atom. The highest BCUT2D eigenvalue weighted by atomic mass is 19.4. The number of rotatable bonds is 24. The second-order valence-corrected chi connectivity index (χ2v) is 32.4. The summed E-state index contributed by atoms with van der Waals surface area (Å²) in [5.41, 5.74) is 3.28. The third-order valence-electron chi connectivity index (χ3n) is 14.8. The Kier molecular flexibility index (Phi) is 88.7. The second-order valence-electron chi connectivity index (χ2n) is 32.4. The molecule has 4 unspecified atom stereocenters. The number of hydrogen-bond acceptors (Lipinski definition) is 4. The summed E-state index contributed by atoms with van der Waals surface area (Å²) in [5.74, 6) is 8.46. The molecule has 0 radical (unpaired) electrons. The summed E-state index contributed by atoms with van der Waals surface area (Å²) in [7, 11) is 0. The van der Waals surface area contributed by atoms with Crippen molar-refractivity contribution in [3.63, 3.8) is 0 Å². The first-order valence-corrected chi connectivity index (χ1v) is 37.1. The van der Waals surface area contributed by atoms with Crippen molar-refractivity contribution in [1.29, 1.82) is 21.0 Å². The van der Waals surface area contributed by atoms with Crippen molar-refractivity contribution in [3.8, 4) is 24.3 Å². The van der Waals surface area contributed by atoms with E-state index in [0.717, 1.165) is 54.3 Å². The van der Waals surface area contributed by atoms with Gasteiger partial charge < -0.3 is 0 Å². The lowest BCUT2D eigenvalue weighted by atomic mass is 9.82. The van der Waals surface area contributed by atoms with Crippen LogP contribution in [0.3, 0.4) is 0 Å². The lowest BCUT2D eigenvalue weighted by Crippen LogP contribution is -2.21. The molecule has 0 bridgehead atoms. The van der Waals surface area contributed by atoms with E-state index in [1.807, 2.05) is 33.8 Å². The highest BCUT2D eigenvalue weighted by molar-refractivity contribution is 4.96. The van der Waals surface area contributed by atoms with Crippen LogP contribution in [-0.2, 0) is 0 Å². The third-order valence-corrected chi connectivity index (χ3v) is 14.8. The first-order chi connectivity index (χ1) is 42.5. The predicted octanol–water partition coefficient (Wildman–Crippen LogP) is 31.0. The number of unbranched alkanes of at least 4 members (excludes halogenated alkanes) is 1. The summed E-state index contributed by atoms with van der Waals surface area (Å²) in [6, 6.07) is 9.08. The van der Waals surface area contributed by atoms with E-state index in [4.69, 9.17) is 21.0 Å². The van der Waals surface area contributed by atoms with Gasteiger partial charge in [-0.25, -0.2) is 0 Å². The van der Waals surface area contributed by atoms with Crippen LogP contribution >= 0.6 is 0 Å². The minimum Gasteiger partial charge on any atom is -0.198 e. The van der Waals surface area contributed by atoms with Gasteiger partial charge in [-0.05, 0) is 174 Å². The number of allylic oxidation sites excluding steroid dienone is 4. The van der Waals surface area contributed by atoms with Crippen LogP contribution in [0.25, 0.3) is 0 Å². The van der Waals surface area contributed by atoms with Crippen LogP contribution in [0, 0.1) is 163 Å². The molecule has 0 heterocycles. The van der Waals surface area contributed by atoms with Crippen molar-refractivity contribution >= 4 is 0 Å². The maximum atomic E-state index is 11.8. The van der Waals surface area contributed by atoms with Gasteiger partial charge in [0.25, 0.3) is 0 Å². The average Bonchev–Trinajstić information content (AvgIpc) is 1.79. The van der Waals surface area contributed by atoms with Gasteiger partial charge >= 0.3 is 12.4 Å². The Balaban J connectivity index is -0.0000000892. The van der Waals surface area contributed by atoms with Gasteiger partial charge in [0.2, 0.25) is 0 Å². The van der Waals surface area contributed by atoms with Crippen LogP contribution in [0.15, 0.2) is 36.5 Å². The number of nitriles is 4. The molecular weight excluding hydrogens is 1180 g/mol. The molecule has 1 aliphatic rings. The number of nitrogens with zero attached hydrogens (tertiary/aromatic N) is 4. The molecule has 1 aliphatic carbocycles. The Hall–Kier alpha value is -3.24. The van der Waals surface area contributed by atoms with Crippen molar-refractivity contribution in [3.05, 3.63) is 36.5 Å².